The third-order valence-corrected chi connectivity index (χ3v) is 4.33. The van der Waals surface area contributed by atoms with Crippen LogP contribution in [-0.2, 0) is 23.9 Å². The van der Waals surface area contributed by atoms with Crippen LogP contribution >= 0.6 is 11.8 Å². The molecule has 0 heterocycles. The van der Waals surface area contributed by atoms with E-state index in [-0.39, 0.29) is 19.1 Å². The van der Waals surface area contributed by atoms with Crippen LogP contribution in [0.1, 0.15) is 39.5 Å². The summed E-state index contributed by atoms with van der Waals surface area (Å²) >= 11 is 1.36. The zero-order valence-electron chi connectivity index (χ0n) is 15.0. The number of hydrogen-bond acceptors (Lipinski definition) is 8. The largest absolute Gasteiger partial charge is 0.462 e. The lowest BCUT2D eigenvalue weighted by molar-refractivity contribution is -0.154. The van der Waals surface area contributed by atoms with Crippen molar-refractivity contribution in [3.63, 3.8) is 0 Å². The van der Waals surface area contributed by atoms with Gasteiger partial charge in [0.15, 0.2) is 0 Å². The van der Waals surface area contributed by atoms with Gasteiger partial charge in [-0.25, -0.2) is 0 Å². The molecule has 2 atom stereocenters. The molecule has 0 aliphatic carbocycles. The molecular formula is C16H30N2O6S. The molecule has 4 N–H and O–H groups in total. The van der Waals surface area contributed by atoms with Crippen molar-refractivity contribution in [1.82, 2.24) is 5.32 Å². The third kappa shape index (κ3) is 14.7. The average Bonchev–Trinajstić information content (AvgIpc) is 2.54. The minimum Gasteiger partial charge on any atom is -0.462 e. The lowest BCUT2D eigenvalue weighted by Crippen LogP contribution is -2.43. The van der Waals surface area contributed by atoms with Crippen molar-refractivity contribution in [1.29, 1.82) is 0 Å². The van der Waals surface area contributed by atoms with Crippen molar-refractivity contribution in [2.24, 2.45) is 5.73 Å². The number of nitrogens with one attached hydrogen (secondary N) is 1. The summed E-state index contributed by atoms with van der Waals surface area (Å²) in [7, 11) is 0. The maximum absolute atomic E-state index is 11.9. The molecule has 0 spiro atoms. The molecule has 0 aromatic heterocycles. The van der Waals surface area contributed by atoms with E-state index in [1.54, 1.807) is 0 Å². The highest BCUT2D eigenvalue weighted by Gasteiger charge is 2.17. The van der Waals surface area contributed by atoms with Crippen LogP contribution < -0.4 is 11.1 Å². The van der Waals surface area contributed by atoms with Crippen LogP contribution in [0.25, 0.3) is 0 Å². The van der Waals surface area contributed by atoms with E-state index in [1.807, 2.05) is 0 Å². The summed E-state index contributed by atoms with van der Waals surface area (Å²) in [5.74, 6) is -0.375. The molecule has 0 bridgehead atoms. The summed E-state index contributed by atoms with van der Waals surface area (Å²) in [5, 5.41) is 11.4. The quantitative estimate of drug-likeness (QED) is 0.289. The van der Waals surface area contributed by atoms with Crippen molar-refractivity contribution in [3.05, 3.63) is 0 Å². The van der Waals surface area contributed by atoms with Gasteiger partial charge in [0.25, 0.3) is 0 Å². The van der Waals surface area contributed by atoms with Crippen LogP contribution in [-0.4, -0.2) is 66.4 Å². The highest BCUT2D eigenvalue weighted by Crippen LogP contribution is 2.09. The number of aliphatic hydroxyl groups excluding tert-OH is 1. The molecule has 0 fully saturated rings. The maximum Gasteiger partial charge on any atom is 0.303 e. The van der Waals surface area contributed by atoms with Crippen LogP contribution in [0.2, 0.25) is 0 Å². The highest BCUT2D eigenvalue weighted by molar-refractivity contribution is 7.99. The number of amides is 1. The first-order valence-corrected chi connectivity index (χ1v) is 9.54. The van der Waals surface area contributed by atoms with Crippen LogP contribution in [0, 0.1) is 0 Å². The Labute approximate surface area is 153 Å². The van der Waals surface area contributed by atoms with Gasteiger partial charge in [-0.2, -0.15) is 11.8 Å². The van der Waals surface area contributed by atoms with Gasteiger partial charge in [0.2, 0.25) is 5.91 Å². The second kappa shape index (κ2) is 15.0. The van der Waals surface area contributed by atoms with E-state index < -0.39 is 24.1 Å². The van der Waals surface area contributed by atoms with Crippen LogP contribution in [0.4, 0.5) is 0 Å². The first-order chi connectivity index (χ1) is 11.9. The van der Waals surface area contributed by atoms with E-state index in [4.69, 9.17) is 20.3 Å². The Morgan fingerprint density at radius 2 is 1.76 bits per heavy atom. The summed E-state index contributed by atoms with van der Waals surface area (Å²) in [5.41, 5.74) is 5.83. The number of thioether (sulfide) groups is 1. The first kappa shape index (κ1) is 23.7. The van der Waals surface area contributed by atoms with E-state index in [2.05, 4.69) is 5.32 Å². The topological polar surface area (TPSA) is 128 Å². The van der Waals surface area contributed by atoms with Crippen molar-refractivity contribution >= 4 is 29.6 Å². The molecule has 1 amide bonds. The predicted octanol–water partition coefficient (Wildman–Crippen LogP) is 0.211. The first-order valence-electron chi connectivity index (χ1n) is 8.39. The SMILES string of the molecule is CC(=O)OC[C@H](CSC[C@H](N)C(=O)NCCCCCCO)OC(C)=O. The van der Waals surface area contributed by atoms with Crippen LogP contribution in [0.5, 0.6) is 0 Å². The zero-order chi connectivity index (χ0) is 19.1. The Hall–Kier alpha value is -1.32. The average molecular weight is 378 g/mol. The van der Waals surface area contributed by atoms with Gasteiger partial charge in [-0.1, -0.05) is 12.8 Å². The van der Waals surface area contributed by atoms with Crippen LogP contribution in [0.15, 0.2) is 0 Å². The number of esters is 2. The molecule has 0 aliphatic rings. The molecule has 0 saturated carbocycles. The summed E-state index contributed by atoms with van der Waals surface area (Å²) in [6.07, 6.45) is 2.95. The van der Waals surface area contributed by atoms with E-state index in [0.29, 0.717) is 18.1 Å². The number of unbranched alkanes of at least 4 members (excludes halogenated alkanes) is 3. The number of carbonyl (C=O) groups is 3. The lowest BCUT2D eigenvalue weighted by atomic mass is 10.2. The molecule has 8 nitrogen and oxygen atoms in total. The number of hydrogen-bond donors (Lipinski definition) is 3. The normalized spacial score (nSPS) is 13.0. The van der Waals surface area contributed by atoms with Crippen molar-refractivity contribution < 1.29 is 29.0 Å². The Balaban J connectivity index is 3.94. The highest BCUT2D eigenvalue weighted by atomic mass is 32.2. The zero-order valence-corrected chi connectivity index (χ0v) is 15.8. The van der Waals surface area contributed by atoms with Crippen LogP contribution in [0.3, 0.4) is 0 Å². The van der Waals surface area contributed by atoms with Gasteiger partial charge < -0.3 is 25.6 Å². The molecule has 25 heavy (non-hydrogen) atoms. The molecule has 0 rings (SSSR count). The second-order valence-corrected chi connectivity index (χ2v) is 6.68. The molecular weight excluding hydrogens is 348 g/mol. The van der Waals surface area contributed by atoms with Gasteiger partial charge in [-0.05, 0) is 12.8 Å². The summed E-state index contributed by atoms with van der Waals surface area (Å²) in [6.45, 7) is 3.30. The Kier molecular flexibility index (Phi) is 14.2. The molecule has 146 valence electrons. The maximum atomic E-state index is 11.9. The molecule has 0 unspecified atom stereocenters. The Morgan fingerprint density at radius 3 is 2.36 bits per heavy atom. The summed E-state index contributed by atoms with van der Waals surface area (Å²) < 4.78 is 9.91. The fourth-order valence-electron chi connectivity index (χ4n) is 1.90. The lowest BCUT2D eigenvalue weighted by Gasteiger charge is -2.17. The molecule has 0 aromatic rings. The van der Waals surface area contributed by atoms with Gasteiger partial charge in [0.05, 0.1) is 6.04 Å². The summed E-state index contributed by atoms with van der Waals surface area (Å²) in [4.78, 5) is 33.7. The number of rotatable bonds is 14. The smallest absolute Gasteiger partial charge is 0.303 e. The van der Waals surface area contributed by atoms with E-state index in [9.17, 15) is 14.4 Å². The molecule has 0 aromatic carbocycles. The second-order valence-electron chi connectivity index (χ2n) is 5.61. The van der Waals surface area contributed by atoms with E-state index >= 15 is 0 Å². The molecule has 9 heteroatoms. The Morgan fingerprint density at radius 1 is 1.08 bits per heavy atom. The fraction of sp³-hybridized carbons (Fsp3) is 0.812. The third-order valence-electron chi connectivity index (χ3n) is 3.13. The molecule has 0 radical (unpaired) electrons. The van der Waals surface area contributed by atoms with Gasteiger partial charge >= 0.3 is 11.9 Å². The Bertz CT molecular complexity index is 408. The van der Waals surface area contributed by atoms with Gasteiger partial charge in [-0.3, -0.25) is 14.4 Å². The monoisotopic (exact) mass is 378 g/mol. The minimum atomic E-state index is -0.658. The van der Waals surface area contributed by atoms with E-state index in [0.717, 1.165) is 25.7 Å². The number of nitrogens with two attached hydrogens (primary N) is 1. The summed E-state index contributed by atoms with van der Waals surface area (Å²) in [6, 6.07) is -0.658. The van der Waals surface area contributed by atoms with Gasteiger partial charge in [0.1, 0.15) is 12.7 Å². The van der Waals surface area contributed by atoms with Crippen molar-refractivity contribution in [2.45, 2.75) is 51.7 Å². The number of ether oxygens (including phenoxy) is 2. The van der Waals surface area contributed by atoms with Gasteiger partial charge in [-0.15, -0.1) is 0 Å². The predicted molar refractivity (Wildman–Crippen MR) is 96.1 cm³/mol. The minimum absolute atomic E-state index is 0.0167. The number of aliphatic hydroxyl groups is 1. The van der Waals surface area contributed by atoms with Crippen molar-refractivity contribution in [3.8, 4) is 0 Å². The van der Waals surface area contributed by atoms with E-state index in [1.165, 1.54) is 25.6 Å². The molecule has 0 aliphatic heterocycles. The number of carbonyl (C=O) groups excluding carboxylic acids is 3. The molecule has 0 saturated heterocycles. The van der Waals surface area contributed by atoms with Gasteiger partial charge in [0, 0.05) is 38.5 Å². The fourth-order valence-corrected chi connectivity index (χ4v) is 2.86. The van der Waals surface area contributed by atoms with Crippen molar-refractivity contribution in [2.75, 3.05) is 31.3 Å². The standard InChI is InChI=1S/C16H30N2O6S/c1-12(20)23-9-14(24-13(2)21)10-25-11-15(17)16(22)18-7-5-3-4-6-8-19/h14-15,19H,3-11,17H2,1-2H3,(H,18,22)/t14-,15+/m1/s1.